The molecule has 4 aromatic rings. The van der Waals surface area contributed by atoms with Gasteiger partial charge in [-0.1, -0.05) is 66.4 Å². The summed E-state index contributed by atoms with van der Waals surface area (Å²) in [4.78, 5) is 17.4. The number of para-hydroxylation sites is 1. The maximum atomic E-state index is 13.1. The van der Waals surface area contributed by atoms with Crippen LogP contribution in [0.3, 0.4) is 0 Å². The van der Waals surface area contributed by atoms with Gasteiger partial charge in [-0.3, -0.25) is 9.36 Å². The molecule has 0 aliphatic carbocycles. The van der Waals surface area contributed by atoms with Crippen molar-refractivity contribution in [1.29, 1.82) is 0 Å². The second-order valence-electron chi connectivity index (χ2n) is 8.77. The number of piperazine rings is 1. The Bertz CT molecular complexity index is 1300. The van der Waals surface area contributed by atoms with E-state index in [1.54, 1.807) is 0 Å². The molecular formula is C28H29N5OS. The normalized spacial score (nSPS) is 13.8. The molecule has 0 atom stereocenters. The highest BCUT2D eigenvalue weighted by Gasteiger charge is 2.23. The van der Waals surface area contributed by atoms with Crippen LogP contribution in [0.25, 0.3) is 17.1 Å². The maximum Gasteiger partial charge on any atom is 0.233 e. The van der Waals surface area contributed by atoms with E-state index in [-0.39, 0.29) is 5.91 Å². The Hall–Kier alpha value is -3.58. The number of benzene rings is 3. The number of hydrogen-bond acceptors (Lipinski definition) is 5. The van der Waals surface area contributed by atoms with Crippen molar-refractivity contribution >= 4 is 23.4 Å². The van der Waals surface area contributed by atoms with Crippen molar-refractivity contribution < 1.29 is 4.79 Å². The van der Waals surface area contributed by atoms with E-state index in [0.29, 0.717) is 5.75 Å². The van der Waals surface area contributed by atoms with Crippen LogP contribution in [-0.2, 0) is 4.79 Å². The lowest BCUT2D eigenvalue weighted by Crippen LogP contribution is -2.49. The Balaban J connectivity index is 1.32. The summed E-state index contributed by atoms with van der Waals surface area (Å²) < 4.78 is 2.06. The average molecular weight is 484 g/mol. The molecule has 0 radical (unpaired) electrons. The highest BCUT2D eigenvalue weighted by atomic mass is 32.2. The van der Waals surface area contributed by atoms with E-state index in [1.165, 1.54) is 28.6 Å². The summed E-state index contributed by atoms with van der Waals surface area (Å²) in [5, 5.41) is 9.72. The molecule has 6 nitrogen and oxygen atoms in total. The minimum absolute atomic E-state index is 0.138. The van der Waals surface area contributed by atoms with Crippen molar-refractivity contribution in [2.45, 2.75) is 19.0 Å². The summed E-state index contributed by atoms with van der Waals surface area (Å²) in [6.07, 6.45) is 0. The highest BCUT2D eigenvalue weighted by molar-refractivity contribution is 7.99. The van der Waals surface area contributed by atoms with Crippen molar-refractivity contribution in [3.05, 3.63) is 90.0 Å². The maximum absolute atomic E-state index is 13.1. The minimum Gasteiger partial charge on any atom is -0.368 e. The van der Waals surface area contributed by atoms with Crippen LogP contribution in [0.5, 0.6) is 0 Å². The van der Waals surface area contributed by atoms with Gasteiger partial charge in [0.15, 0.2) is 11.0 Å². The van der Waals surface area contributed by atoms with Gasteiger partial charge in [0.1, 0.15) is 0 Å². The number of anilines is 1. The van der Waals surface area contributed by atoms with Crippen molar-refractivity contribution in [2.24, 2.45) is 0 Å². The number of carbonyl (C=O) groups excluding carboxylic acids is 1. The second kappa shape index (κ2) is 10.4. The molecule has 0 saturated carbocycles. The lowest BCUT2D eigenvalue weighted by atomic mass is 10.1. The molecule has 0 N–H and O–H groups in total. The number of carbonyl (C=O) groups is 1. The van der Waals surface area contributed by atoms with Crippen molar-refractivity contribution in [3.63, 3.8) is 0 Å². The summed E-state index contributed by atoms with van der Waals surface area (Å²) in [6.45, 7) is 7.36. The first kappa shape index (κ1) is 23.2. The summed E-state index contributed by atoms with van der Waals surface area (Å²) in [7, 11) is 0. The number of hydrogen-bond donors (Lipinski definition) is 0. The van der Waals surface area contributed by atoms with Crippen LogP contribution in [0, 0.1) is 13.8 Å². The molecule has 1 amide bonds. The van der Waals surface area contributed by atoms with Gasteiger partial charge in [0, 0.05) is 37.4 Å². The predicted molar refractivity (Wildman–Crippen MR) is 142 cm³/mol. The number of rotatable bonds is 6. The van der Waals surface area contributed by atoms with Gasteiger partial charge >= 0.3 is 0 Å². The standard InChI is InChI=1S/C28H29N5OS/c1-21-13-14-25(19-22(21)2)33-27(23-9-5-3-6-10-23)29-30-28(33)35-20-26(34)32-17-15-31(16-18-32)24-11-7-4-8-12-24/h3-14,19H,15-18,20H2,1-2H3. The molecule has 5 rings (SSSR count). The largest absolute Gasteiger partial charge is 0.368 e. The van der Waals surface area contributed by atoms with Crippen molar-refractivity contribution in [3.8, 4) is 17.1 Å². The quantitative estimate of drug-likeness (QED) is 0.362. The van der Waals surface area contributed by atoms with Gasteiger partial charge in [-0.15, -0.1) is 10.2 Å². The molecule has 35 heavy (non-hydrogen) atoms. The first-order valence-corrected chi connectivity index (χ1v) is 12.9. The van der Waals surface area contributed by atoms with Crippen molar-refractivity contribution in [2.75, 3.05) is 36.8 Å². The lowest BCUT2D eigenvalue weighted by molar-refractivity contribution is -0.128. The average Bonchev–Trinajstić information content (AvgIpc) is 3.34. The van der Waals surface area contributed by atoms with Gasteiger partial charge in [0.05, 0.1) is 11.4 Å². The molecule has 7 heteroatoms. The molecule has 0 unspecified atom stereocenters. The molecule has 0 bridgehead atoms. The van der Waals surface area contributed by atoms with Crippen molar-refractivity contribution in [1.82, 2.24) is 19.7 Å². The van der Waals surface area contributed by atoms with Crippen LogP contribution in [0.1, 0.15) is 11.1 Å². The highest BCUT2D eigenvalue weighted by Crippen LogP contribution is 2.29. The molecule has 1 aliphatic heterocycles. The van der Waals surface area contributed by atoms with E-state index in [0.717, 1.165) is 48.4 Å². The Morgan fingerprint density at radius 2 is 1.49 bits per heavy atom. The fraction of sp³-hybridized carbons (Fsp3) is 0.250. The van der Waals surface area contributed by atoms with Crippen LogP contribution in [0.2, 0.25) is 0 Å². The molecule has 1 saturated heterocycles. The zero-order chi connectivity index (χ0) is 24.2. The zero-order valence-electron chi connectivity index (χ0n) is 20.1. The Morgan fingerprint density at radius 3 is 2.17 bits per heavy atom. The Kier molecular flexibility index (Phi) is 6.86. The lowest BCUT2D eigenvalue weighted by Gasteiger charge is -2.36. The van der Waals surface area contributed by atoms with Crippen LogP contribution in [-0.4, -0.2) is 57.5 Å². The van der Waals surface area contributed by atoms with E-state index >= 15 is 0 Å². The summed E-state index contributed by atoms with van der Waals surface area (Å²) in [5.41, 5.74) is 5.65. The number of amides is 1. The fourth-order valence-corrected chi connectivity index (χ4v) is 5.16. The summed E-state index contributed by atoms with van der Waals surface area (Å²) in [6, 6.07) is 26.8. The molecule has 3 aromatic carbocycles. The van der Waals surface area contributed by atoms with Crippen LogP contribution < -0.4 is 4.90 Å². The third-order valence-corrected chi connectivity index (χ3v) is 7.41. The topological polar surface area (TPSA) is 54.3 Å². The molecule has 1 fully saturated rings. The third kappa shape index (κ3) is 5.10. The summed E-state index contributed by atoms with van der Waals surface area (Å²) in [5.74, 6) is 1.25. The van der Waals surface area contributed by atoms with Crippen LogP contribution in [0.4, 0.5) is 5.69 Å². The van der Waals surface area contributed by atoms with Gasteiger partial charge in [0.25, 0.3) is 0 Å². The van der Waals surface area contributed by atoms with Gasteiger partial charge in [-0.25, -0.2) is 0 Å². The molecule has 2 heterocycles. The fourth-order valence-electron chi connectivity index (χ4n) is 4.31. The van der Waals surface area contributed by atoms with Gasteiger partial charge < -0.3 is 9.80 Å². The van der Waals surface area contributed by atoms with Crippen LogP contribution >= 0.6 is 11.8 Å². The first-order chi connectivity index (χ1) is 17.1. The SMILES string of the molecule is Cc1ccc(-n2c(SCC(=O)N3CCN(c4ccccc4)CC3)nnc2-c2ccccc2)cc1C. The van der Waals surface area contributed by atoms with E-state index in [4.69, 9.17) is 0 Å². The van der Waals surface area contributed by atoms with E-state index in [1.807, 2.05) is 41.3 Å². The molecule has 178 valence electrons. The Labute approximate surface area is 210 Å². The first-order valence-electron chi connectivity index (χ1n) is 11.9. The molecule has 1 aromatic heterocycles. The summed E-state index contributed by atoms with van der Waals surface area (Å²) >= 11 is 1.45. The zero-order valence-corrected chi connectivity index (χ0v) is 20.9. The van der Waals surface area contributed by atoms with E-state index in [9.17, 15) is 4.79 Å². The van der Waals surface area contributed by atoms with E-state index < -0.39 is 0 Å². The Morgan fingerprint density at radius 1 is 0.800 bits per heavy atom. The number of thioether (sulfide) groups is 1. The monoisotopic (exact) mass is 483 g/mol. The van der Waals surface area contributed by atoms with E-state index in [2.05, 4.69) is 76.0 Å². The predicted octanol–water partition coefficient (Wildman–Crippen LogP) is 4.99. The van der Waals surface area contributed by atoms with Gasteiger partial charge in [-0.2, -0.15) is 0 Å². The smallest absolute Gasteiger partial charge is 0.233 e. The number of aromatic nitrogens is 3. The van der Waals surface area contributed by atoms with Gasteiger partial charge in [0.2, 0.25) is 5.91 Å². The number of aryl methyl sites for hydroxylation is 2. The molecular weight excluding hydrogens is 454 g/mol. The second-order valence-corrected chi connectivity index (χ2v) is 9.71. The molecule has 0 spiro atoms. The number of nitrogens with zero attached hydrogens (tertiary/aromatic N) is 5. The third-order valence-electron chi connectivity index (χ3n) is 6.49. The van der Waals surface area contributed by atoms with Gasteiger partial charge in [-0.05, 0) is 49.2 Å². The van der Waals surface area contributed by atoms with Crippen LogP contribution in [0.15, 0.2) is 84.0 Å². The minimum atomic E-state index is 0.138. The molecule has 1 aliphatic rings.